The summed E-state index contributed by atoms with van der Waals surface area (Å²) in [6.07, 6.45) is 7.73. The zero-order valence-corrected chi connectivity index (χ0v) is 13.5. The number of unbranched alkanes of at least 4 members (excludes halogenated alkanes) is 3. The van der Waals surface area contributed by atoms with Crippen LogP contribution in [-0.2, 0) is 4.79 Å². The Morgan fingerprint density at radius 2 is 1.79 bits per heavy atom. The van der Waals surface area contributed by atoms with E-state index in [1.807, 2.05) is 6.92 Å². The van der Waals surface area contributed by atoms with Crippen molar-refractivity contribution < 1.29 is 4.79 Å². The van der Waals surface area contributed by atoms with Crippen LogP contribution in [0.3, 0.4) is 0 Å². The first-order valence-electron chi connectivity index (χ1n) is 7.56. The van der Waals surface area contributed by atoms with Gasteiger partial charge in [0.25, 0.3) is 0 Å². The topological polar surface area (TPSA) is 55.1 Å². The minimum atomic E-state index is -0.291. The third-order valence-corrected chi connectivity index (χ3v) is 3.53. The molecule has 0 aromatic heterocycles. The second-order valence-corrected chi connectivity index (χ2v) is 6.10. The van der Waals surface area contributed by atoms with Gasteiger partial charge in [0.05, 0.1) is 10.9 Å². The minimum absolute atomic E-state index is 0.00321. The van der Waals surface area contributed by atoms with E-state index in [4.69, 9.17) is 18.0 Å². The zero-order valence-electron chi connectivity index (χ0n) is 12.7. The molecule has 0 radical (unpaired) electrons. The lowest BCUT2D eigenvalue weighted by Crippen LogP contribution is -2.38. The summed E-state index contributed by atoms with van der Waals surface area (Å²) < 4.78 is 0. The van der Waals surface area contributed by atoms with Gasteiger partial charge in [0.15, 0.2) is 0 Å². The largest absolute Gasteiger partial charge is 0.393 e. The van der Waals surface area contributed by atoms with Crippen molar-refractivity contribution in [1.29, 1.82) is 0 Å². The molecule has 3 nitrogen and oxygen atoms in total. The molecule has 0 saturated heterocycles. The quantitative estimate of drug-likeness (QED) is 0.452. The van der Waals surface area contributed by atoms with E-state index in [-0.39, 0.29) is 11.8 Å². The van der Waals surface area contributed by atoms with E-state index in [9.17, 15) is 4.79 Å². The predicted octanol–water partition coefficient (Wildman–Crippen LogP) is 3.41. The van der Waals surface area contributed by atoms with Crippen LogP contribution >= 0.6 is 12.2 Å². The Kier molecular flexibility index (Phi) is 10.8. The van der Waals surface area contributed by atoms with E-state index >= 15 is 0 Å². The fraction of sp³-hybridized carbons (Fsp3) is 0.867. The highest BCUT2D eigenvalue weighted by Crippen LogP contribution is 2.10. The maximum Gasteiger partial charge on any atom is 0.229 e. The van der Waals surface area contributed by atoms with Crippen LogP contribution in [0.15, 0.2) is 0 Å². The molecule has 0 aliphatic heterocycles. The lowest BCUT2D eigenvalue weighted by atomic mass is 10.0. The van der Waals surface area contributed by atoms with E-state index in [1.54, 1.807) is 0 Å². The van der Waals surface area contributed by atoms with Crippen LogP contribution in [0, 0.1) is 11.8 Å². The van der Waals surface area contributed by atoms with Gasteiger partial charge in [-0.3, -0.25) is 4.79 Å². The van der Waals surface area contributed by atoms with Gasteiger partial charge < -0.3 is 11.1 Å². The van der Waals surface area contributed by atoms with Gasteiger partial charge in [-0.15, -0.1) is 0 Å². The van der Waals surface area contributed by atoms with Gasteiger partial charge >= 0.3 is 0 Å². The minimum Gasteiger partial charge on any atom is -0.393 e. The van der Waals surface area contributed by atoms with E-state index in [0.29, 0.717) is 4.99 Å². The summed E-state index contributed by atoms with van der Waals surface area (Å²) in [5.74, 6) is 0.498. The third-order valence-electron chi connectivity index (χ3n) is 3.24. The summed E-state index contributed by atoms with van der Waals surface area (Å²) >= 11 is 4.94. The van der Waals surface area contributed by atoms with Gasteiger partial charge in [-0.1, -0.05) is 65.1 Å². The first kappa shape index (κ1) is 18.4. The molecular formula is C15H30N2OS. The standard InChI is InChI=1S/C15H30N2OS/c1-4-9-13(14(16)19)15(18)17-11-8-6-5-7-10-12(2)3/h12-13H,4-11H2,1-3H3,(H2,16,19)(H,17,18). The van der Waals surface area contributed by atoms with Gasteiger partial charge in [0.1, 0.15) is 0 Å². The lowest BCUT2D eigenvalue weighted by Gasteiger charge is -2.14. The van der Waals surface area contributed by atoms with Crippen LogP contribution in [0.1, 0.15) is 65.7 Å². The van der Waals surface area contributed by atoms with Crippen LogP contribution < -0.4 is 11.1 Å². The Morgan fingerprint density at radius 3 is 2.32 bits per heavy atom. The highest BCUT2D eigenvalue weighted by atomic mass is 32.1. The molecule has 1 unspecified atom stereocenters. The molecule has 0 aliphatic carbocycles. The Balaban J connectivity index is 3.64. The summed E-state index contributed by atoms with van der Waals surface area (Å²) in [6.45, 7) is 7.28. The molecule has 0 aromatic carbocycles. The molecule has 112 valence electrons. The molecule has 0 aromatic rings. The number of rotatable bonds is 11. The number of hydrogen-bond donors (Lipinski definition) is 2. The first-order chi connectivity index (χ1) is 8.99. The van der Waals surface area contributed by atoms with E-state index < -0.39 is 0 Å². The molecule has 0 fully saturated rings. The highest BCUT2D eigenvalue weighted by Gasteiger charge is 2.19. The van der Waals surface area contributed by atoms with Gasteiger partial charge in [-0.2, -0.15) is 0 Å². The second kappa shape index (κ2) is 11.2. The zero-order chi connectivity index (χ0) is 14.7. The molecule has 0 saturated carbocycles. The van der Waals surface area contributed by atoms with Gasteiger partial charge in [0.2, 0.25) is 5.91 Å². The Labute approximate surface area is 123 Å². The molecule has 0 aliphatic rings. The van der Waals surface area contributed by atoms with Crippen LogP contribution in [-0.4, -0.2) is 17.4 Å². The van der Waals surface area contributed by atoms with Gasteiger partial charge in [-0.05, 0) is 18.8 Å². The fourth-order valence-electron chi connectivity index (χ4n) is 2.06. The van der Waals surface area contributed by atoms with Crippen molar-refractivity contribution >= 4 is 23.1 Å². The van der Waals surface area contributed by atoms with Crippen LogP contribution in [0.5, 0.6) is 0 Å². The highest BCUT2D eigenvalue weighted by molar-refractivity contribution is 7.80. The number of nitrogens with two attached hydrogens (primary N) is 1. The molecule has 0 heterocycles. The SMILES string of the molecule is CCCC(C(=O)NCCCCCCC(C)C)C(N)=S. The van der Waals surface area contributed by atoms with Crippen molar-refractivity contribution in [2.24, 2.45) is 17.6 Å². The number of amides is 1. The molecular weight excluding hydrogens is 256 g/mol. The number of carbonyl (C=O) groups excluding carboxylic acids is 1. The van der Waals surface area contributed by atoms with Crippen LogP contribution in [0.2, 0.25) is 0 Å². The molecule has 19 heavy (non-hydrogen) atoms. The summed E-state index contributed by atoms with van der Waals surface area (Å²) in [5, 5.41) is 2.94. The molecule has 1 atom stereocenters. The van der Waals surface area contributed by atoms with Crippen LogP contribution in [0.4, 0.5) is 0 Å². The molecule has 1 amide bonds. The lowest BCUT2D eigenvalue weighted by molar-refractivity contribution is -0.123. The number of thiocarbonyl (C=S) groups is 1. The average Bonchev–Trinajstić information content (AvgIpc) is 2.33. The monoisotopic (exact) mass is 286 g/mol. The van der Waals surface area contributed by atoms with Crippen molar-refractivity contribution in [2.45, 2.75) is 65.7 Å². The summed E-state index contributed by atoms with van der Waals surface area (Å²) in [6, 6.07) is 0. The van der Waals surface area contributed by atoms with E-state index in [0.717, 1.165) is 31.7 Å². The van der Waals surface area contributed by atoms with Crippen molar-refractivity contribution in [3.8, 4) is 0 Å². The maximum atomic E-state index is 11.9. The Bertz CT molecular complexity index is 267. The summed E-state index contributed by atoms with van der Waals surface area (Å²) in [5.41, 5.74) is 5.59. The second-order valence-electron chi connectivity index (χ2n) is 5.63. The maximum absolute atomic E-state index is 11.9. The first-order valence-corrected chi connectivity index (χ1v) is 7.96. The normalized spacial score (nSPS) is 12.4. The number of carbonyl (C=O) groups is 1. The van der Waals surface area contributed by atoms with E-state index in [1.165, 1.54) is 25.7 Å². The van der Waals surface area contributed by atoms with Crippen molar-refractivity contribution in [3.05, 3.63) is 0 Å². The van der Waals surface area contributed by atoms with Crippen molar-refractivity contribution in [2.75, 3.05) is 6.54 Å². The molecule has 0 bridgehead atoms. The molecule has 4 heteroatoms. The molecule has 3 N–H and O–H groups in total. The predicted molar refractivity (Wildman–Crippen MR) is 86.1 cm³/mol. The van der Waals surface area contributed by atoms with Crippen molar-refractivity contribution in [1.82, 2.24) is 5.32 Å². The van der Waals surface area contributed by atoms with Crippen molar-refractivity contribution in [3.63, 3.8) is 0 Å². The van der Waals surface area contributed by atoms with Gasteiger partial charge in [-0.25, -0.2) is 0 Å². The summed E-state index contributed by atoms with van der Waals surface area (Å²) in [4.78, 5) is 12.2. The average molecular weight is 286 g/mol. The third kappa shape index (κ3) is 9.88. The Hall–Kier alpha value is -0.640. The number of hydrogen-bond acceptors (Lipinski definition) is 2. The molecule has 0 rings (SSSR count). The summed E-state index contributed by atoms with van der Waals surface area (Å²) in [7, 11) is 0. The van der Waals surface area contributed by atoms with Crippen LogP contribution in [0.25, 0.3) is 0 Å². The molecule has 0 spiro atoms. The Morgan fingerprint density at radius 1 is 1.16 bits per heavy atom. The van der Waals surface area contributed by atoms with Gasteiger partial charge in [0, 0.05) is 6.54 Å². The fourth-order valence-corrected chi connectivity index (χ4v) is 2.28. The van der Waals surface area contributed by atoms with E-state index in [2.05, 4.69) is 19.2 Å². The smallest absolute Gasteiger partial charge is 0.229 e. The number of nitrogens with one attached hydrogen (secondary N) is 1.